The molecule has 1 rings (SSSR count). The van der Waals surface area contributed by atoms with Crippen molar-refractivity contribution >= 4 is 5.91 Å². The number of amides is 1. The van der Waals surface area contributed by atoms with Crippen molar-refractivity contribution in [3.63, 3.8) is 0 Å². The van der Waals surface area contributed by atoms with E-state index < -0.39 is 0 Å². The van der Waals surface area contributed by atoms with E-state index in [0.29, 0.717) is 5.75 Å². The Kier molecular flexibility index (Phi) is 4.49. The van der Waals surface area contributed by atoms with Gasteiger partial charge in [-0.3, -0.25) is 4.79 Å². The SMILES string of the molecule is CC(C)(C)NC(=O)CCOc1ccc(F)cc1. The van der Waals surface area contributed by atoms with Crippen molar-refractivity contribution in [1.82, 2.24) is 5.32 Å². The van der Waals surface area contributed by atoms with Crippen molar-refractivity contribution in [3.8, 4) is 5.75 Å². The van der Waals surface area contributed by atoms with Gasteiger partial charge in [0.05, 0.1) is 13.0 Å². The summed E-state index contributed by atoms with van der Waals surface area (Å²) in [5.74, 6) is 0.206. The van der Waals surface area contributed by atoms with Crippen LogP contribution in [0.25, 0.3) is 0 Å². The van der Waals surface area contributed by atoms with Gasteiger partial charge in [0.25, 0.3) is 0 Å². The van der Waals surface area contributed by atoms with Crippen molar-refractivity contribution in [3.05, 3.63) is 30.1 Å². The minimum absolute atomic E-state index is 0.0559. The highest BCUT2D eigenvalue weighted by molar-refractivity contribution is 5.76. The molecule has 4 heteroatoms. The Balaban J connectivity index is 2.28. The van der Waals surface area contributed by atoms with Crippen molar-refractivity contribution in [2.75, 3.05) is 6.61 Å². The summed E-state index contributed by atoms with van der Waals surface area (Å²) in [5, 5.41) is 2.84. The zero-order chi connectivity index (χ0) is 12.9. The molecule has 0 unspecified atom stereocenters. The second-order valence-corrected chi connectivity index (χ2v) is 4.85. The lowest BCUT2D eigenvalue weighted by Gasteiger charge is -2.20. The van der Waals surface area contributed by atoms with Crippen molar-refractivity contribution < 1.29 is 13.9 Å². The van der Waals surface area contributed by atoms with Gasteiger partial charge in [0.1, 0.15) is 11.6 Å². The average molecular weight is 239 g/mol. The largest absolute Gasteiger partial charge is 0.493 e. The third-order valence-electron chi connectivity index (χ3n) is 1.93. The van der Waals surface area contributed by atoms with Gasteiger partial charge in [-0.15, -0.1) is 0 Å². The van der Waals surface area contributed by atoms with Crippen LogP contribution in [-0.4, -0.2) is 18.1 Å². The van der Waals surface area contributed by atoms with Crippen LogP contribution >= 0.6 is 0 Å². The molecular weight excluding hydrogens is 221 g/mol. The van der Waals surface area contributed by atoms with E-state index in [1.807, 2.05) is 20.8 Å². The van der Waals surface area contributed by atoms with E-state index in [1.54, 1.807) is 0 Å². The first-order valence-corrected chi connectivity index (χ1v) is 5.56. The number of hydrogen-bond acceptors (Lipinski definition) is 2. The number of benzene rings is 1. The molecule has 0 saturated heterocycles. The van der Waals surface area contributed by atoms with E-state index >= 15 is 0 Å². The molecule has 0 aliphatic heterocycles. The molecule has 0 saturated carbocycles. The minimum Gasteiger partial charge on any atom is -0.493 e. The highest BCUT2D eigenvalue weighted by Crippen LogP contribution is 2.11. The van der Waals surface area contributed by atoms with Crippen LogP contribution in [0, 0.1) is 5.82 Å². The normalized spacial score (nSPS) is 11.1. The lowest BCUT2D eigenvalue weighted by molar-refractivity contribution is -0.122. The number of nitrogens with one attached hydrogen (secondary N) is 1. The Morgan fingerprint density at radius 1 is 1.29 bits per heavy atom. The van der Waals surface area contributed by atoms with Crippen LogP contribution < -0.4 is 10.1 Å². The van der Waals surface area contributed by atoms with Gasteiger partial charge in [0, 0.05) is 5.54 Å². The van der Waals surface area contributed by atoms with Gasteiger partial charge in [-0.25, -0.2) is 4.39 Å². The molecule has 1 amide bonds. The molecule has 94 valence electrons. The van der Waals surface area contributed by atoms with Crippen LogP contribution in [0.2, 0.25) is 0 Å². The summed E-state index contributed by atoms with van der Waals surface area (Å²) < 4.78 is 17.9. The molecule has 1 aromatic carbocycles. The fraction of sp³-hybridized carbons (Fsp3) is 0.462. The third kappa shape index (κ3) is 5.90. The van der Waals surface area contributed by atoms with E-state index in [0.717, 1.165) is 0 Å². The second-order valence-electron chi connectivity index (χ2n) is 4.85. The smallest absolute Gasteiger partial charge is 0.223 e. The molecule has 0 aliphatic rings. The van der Waals surface area contributed by atoms with E-state index in [2.05, 4.69) is 5.32 Å². The first-order chi connectivity index (χ1) is 7.87. The molecule has 0 bridgehead atoms. The maximum absolute atomic E-state index is 12.6. The summed E-state index contributed by atoms with van der Waals surface area (Å²) in [5.41, 5.74) is -0.229. The van der Waals surface area contributed by atoms with Crippen LogP contribution in [0.3, 0.4) is 0 Å². The van der Waals surface area contributed by atoms with Gasteiger partial charge < -0.3 is 10.1 Å². The van der Waals surface area contributed by atoms with Gasteiger partial charge in [-0.05, 0) is 45.0 Å². The molecule has 0 heterocycles. The van der Waals surface area contributed by atoms with Crippen molar-refractivity contribution in [2.24, 2.45) is 0 Å². The molecule has 0 fully saturated rings. The van der Waals surface area contributed by atoms with Gasteiger partial charge in [0.2, 0.25) is 5.91 Å². The Hall–Kier alpha value is -1.58. The van der Waals surface area contributed by atoms with E-state index in [4.69, 9.17) is 4.74 Å². The summed E-state index contributed by atoms with van der Waals surface area (Å²) >= 11 is 0. The van der Waals surface area contributed by atoms with Crippen LogP contribution in [-0.2, 0) is 4.79 Å². The summed E-state index contributed by atoms with van der Waals surface area (Å²) in [7, 11) is 0. The Labute approximate surface area is 101 Å². The molecular formula is C13H18FNO2. The lowest BCUT2D eigenvalue weighted by atomic mass is 10.1. The number of carbonyl (C=O) groups is 1. The second kappa shape index (κ2) is 5.66. The molecule has 1 N–H and O–H groups in total. The highest BCUT2D eigenvalue weighted by Gasteiger charge is 2.13. The summed E-state index contributed by atoms with van der Waals surface area (Å²) in [4.78, 5) is 11.5. The van der Waals surface area contributed by atoms with E-state index in [1.165, 1.54) is 24.3 Å². The van der Waals surface area contributed by atoms with Crippen LogP contribution in [0.1, 0.15) is 27.2 Å². The molecule has 3 nitrogen and oxygen atoms in total. The number of hydrogen-bond donors (Lipinski definition) is 1. The topological polar surface area (TPSA) is 38.3 Å². The van der Waals surface area contributed by atoms with Crippen molar-refractivity contribution in [2.45, 2.75) is 32.7 Å². The fourth-order valence-corrected chi connectivity index (χ4v) is 1.27. The summed E-state index contributed by atoms with van der Waals surface area (Å²) in [6, 6.07) is 5.73. The Morgan fingerprint density at radius 3 is 2.41 bits per heavy atom. The average Bonchev–Trinajstić information content (AvgIpc) is 2.18. The molecule has 1 aromatic rings. The molecule has 0 atom stereocenters. The fourth-order valence-electron chi connectivity index (χ4n) is 1.27. The Morgan fingerprint density at radius 2 is 1.88 bits per heavy atom. The first-order valence-electron chi connectivity index (χ1n) is 5.56. The van der Waals surface area contributed by atoms with Gasteiger partial charge in [-0.1, -0.05) is 0 Å². The van der Waals surface area contributed by atoms with Gasteiger partial charge in [-0.2, -0.15) is 0 Å². The van der Waals surface area contributed by atoms with Crippen LogP contribution in [0.5, 0.6) is 5.75 Å². The monoisotopic (exact) mass is 239 g/mol. The quantitative estimate of drug-likeness (QED) is 0.876. The summed E-state index contributed by atoms with van der Waals surface area (Å²) in [6.07, 6.45) is 0.286. The number of ether oxygens (including phenoxy) is 1. The summed E-state index contributed by atoms with van der Waals surface area (Å²) in [6.45, 7) is 6.05. The molecule has 0 aliphatic carbocycles. The van der Waals surface area contributed by atoms with E-state index in [9.17, 15) is 9.18 Å². The number of halogens is 1. The highest BCUT2D eigenvalue weighted by atomic mass is 19.1. The van der Waals surface area contributed by atoms with Crippen LogP contribution in [0.4, 0.5) is 4.39 Å². The number of carbonyl (C=O) groups excluding carboxylic acids is 1. The third-order valence-corrected chi connectivity index (χ3v) is 1.93. The molecule has 0 aromatic heterocycles. The molecule has 17 heavy (non-hydrogen) atoms. The molecule has 0 spiro atoms. The zero-order valence-corrected chi connectivity index (χ0v) is 10.4. The van der Waals surface area contributed by atoms with Gasteiger partial charge in [0.15, 0.2) is 0 Å². The first kappa shape index (κ1) is 13.5. The molecule has 0 radical (unpaired) electrons. The minimum atomic E-state index is -0.303. The maximum atomic E-state index is 12.6. The lowest BCUT2D eigenvalue weighted by Crippen LogP contribution is -2.41. The Bertz CT molecular complexity index is 368. The number of rotatable bonds is 4. The predicted octanol–water partition coefficient (Wildman–Crippen LogP) is 2.51. The maximum Gasteiger partial charge on any atom is 0.223 e. The van der Waals surface area contributed by atoms with Crippen molar-refractivity contribution in [1.29, 1.82) is 0 Å². The van der Waals surface area contributed by atoms with Gasteiger partial charge >= 0.3 is 0 Å². The predicted molar refractivity (Wildman–Crippen MR) is 64.4 cm³/mol. The zero-order valence-electron chi connectivity index (χ0n) is 10.4. The van der Waals surface area contributed by atoms with Crippen LogP contribution in [0.15, 0.2) is 24.3 Å². The van der Waals surface area contributed by atoms with E-state index in [-0.39, 0.29) is 30.3 Å². The standard InChI is InChI=1S/C13H18FNO2/c1-13(2,3)15-12(16)8-9-17-11-6-4-10(14)5-7-11/h4-7H,8-9H2,1-3H3,(H,15,16).